The monoisotopic (exact) mass is 337 g/mol. The number of hydrogen-bond acceptors (Lipinski definition) is 5. The number of nitro groups is 1. The zero-order valence-electron chi connectivity index (χ0n) is 13.3. The highest BCUT2D eigenvalue weighted by Crippen LogP contribution is 2.23. The van der Waals surface area contributed by atoms with Crippen molar-refractivity contribution in [2.75, 3.05) is 13.7 Å². The van der Waals surface area contributed by atoms with Gasteiger partial charge in [0.25, 0.3) is 5.69 Å². The molecule has 0 fully saturated rings. The van der Waals surface area contributed by atoms with Crippen molar-refractivity contribution in [3.63, 3.8) is 0 Å². The maximum absolute atomic E-state index is 12.0. The summed E-state index contributed by atoms with van der Waals surface area (Å²) in [5, 5.41) is 10.9. The first-order valence-electron chi connectivity index (χ1n) is 7.26. The van der Waals surface area contributed by atoms with Gasteiger partial charge in [-0.05, 0) is 12.0 Å². The third-order valence-corrected chi connectivity index (χ3v) is 4.24. The lowest BCUT2D eigenvalue weighted by Gasteiger charge is -2.04. The Morgan fingerprint density at radius 3 is 2.83 bits per heavy atom. The van der Waals surface area contributed by atoms with E-state index < -0.39 is 4.92 Å². The molecule has 7 nitrogen and oxygen atoms in total. The van der Waals surface area contributed by atoms with Gasteiger partial charge in [0, 0.05) is 32.2 Å². The first-order valence-corrected chi connectivity index (χ1v) is 8.08. The fourth-order valence-corrected chi connectivity index (χ4v) is 3.27. The molecular weight excluding hydrogens is 318 g/mol. The smallest absolute Gasteiger partial charge is 0.270 e. The number of fused-ring (bicyclic) bond motifs is 1. The van der Waals surface area contributed by atoms with Gasteiger partial charge in [0.2, 0.25) is 5.91 Å². The summed E-state index contributed by atoms with van der Waals surface area (Å²) >= 11 is 1.28. The van der Waals surface area contributed by atoms with Gasteiger partial charge in [-0.1, -0.05) is 25.2 Å². The van der Waals surface area contributed by atoms with E-state index in [-0.39, 0.29) is 17.5 Å². The van der Waals surface area contributed by atoms with Gasteiger partial charge in [-0.25, -0.2) is 0 Å². The second-order valence-electron chi connectivity index (χ2n) is 5.54. The molecule has 0 aliphatic rings. The van der Waals surface area contributed by atoms with Crippen molar-refractivity contribution in [2.24, 2.45) is 10.9 Å². The molecule has 23 heavy (non-hydrogen) atoms. The van der Waals surface area contributed by atoms with E-state index in [4.69, 9.17) is 4.74 Å². The number of nitrogens with zero attached hydrogens (tertiary/aromatic N) is 3. The van der Waals surface area contributed by atoms with Gasteiger partial charge in [0.1, 0.15) is 0 Å². The maximum atomic E-state index is 12.0. The summed E-state index contributed by atoms with van der Waals surface area (Å²) in [5.74, 6) is 0.0429. The number of thiazole rings is 1. The molecule has 1 heterocycles. The highest BCUT2D eigenvalue weighted by Gasteiger charge is 2.13. The number of hydrogen-bond donors (Lipinski definition) is 0. The molecule has 0 aliphatic carbocycles. The Kier molecular flexibility index (Phi) is 5.62. The van der Waals surface area contributed by atoms with Crippen LogP contribution >= 0.6 is 11.3 Å². The van der Waals surface area contributed by atoms with Crippen molar-refractivity contribution < 1.29 is 14.5 Å². The molecule has 0 unspecified atom stereocenters. The number of non-ortho nitro benzene ring substituents is 1. The van der Waals surface area contributed by atoms with E-state index in [0.29, 0.717) is 24.4 Å². The topological polar surface area (TPSA) is 86.7 Å². The van der Waals surface area contributed by atoms with E-state index in [1.165, 1.54) is 23.5 Å². The highest BCUT2D eigenvalue weighted by molar-refractivity contribution is 7.16. The number of rotatable bonds is 6. The number of nitro benzene ring substituents is 1. The Labute approximate surface area is 137 Å². The van der Waals surface area contributed by atoms with Crippen LogP contribution in [0.15, 0.2) is 23.2 Å². The first kappa shape index (κ1) is 17.3. The lowest BCUT2D eigenvalue weighted by Crippen LogP contribution is -2.19. The quantitative estimate of drug-likeness (QED) is 0.599. The molecule has 1 aromatic carbocycles. The van der Waals surface area contributed by atoms with Crippen LogP contribution < -0.4 is 4.80 Å². The second-order valence-corrected chi connectivity index (χ2v) is 6.55. The van der Waals surface area contributed by atoms with E-state index in [9.17, 15) is 14.9 Å². The van der Waals surface area contributed by atoms with Gasteiger partial charge in [0.05, 0.1) is 21.7 Å². The number of aromatic nitrogens is 1. The predicted octanol–water partition coefficient (Wildman–Crippen LogP) is 2.73. The van der Waals surface area contributed by atoms with Crippen LogP contribution in [0.25, 0.3) is 10.2 Å². The van der Waals surface area contributed by atoms with Crippen molar-refractivity contribution in [2.45, 2.75) is 26.8 Å². The first-order chi connectivity index (χ1) is 10.9. The Balaban J connectivity index is 2.54. The van der Waals surface area contributed by atoms with Gasteiger partial charge in [-0.2, -0.15) is 4.99 Å². The molecular formula is C15H19N3O4S. The van der Waals surface area contributed by atoms with Crippen molar-refractivity contribution in [3.05, 3.63) is 33.1 Å². The Bertz CT molecular complexity index is 792. The van der Waals surface area contributed by atoms with Crippen LogP contribution in [0, 0.1) is 16.0 Å². The molecule has 0 spiro atoms. The minimum absolute atomic E-state index is 0.0256. The molecule has 124 valence electrons. The molecule has 0 aliphatic heterocycles. The van der Waals surface area contributed by atoms with Gasteiger partial charge < -0.3 is 9.30 Å². The molecule has 8 heteroatoms. The fraction of sp³-hybridized carbons (Fsp3) is 0.467. The van der Waals surface area contributed by atoms with E-state index in [1.54, 1.807) is 13.2 Å². The third kappa shape index (κ3) is 4.23. The Hall–Kier alpha value is -2.06. The van der Waals surface area contributed by atoms with Gasteiger partial charge in [-0.3, -0.25) is 14.9 Å². The number of benzene rings is 1. The largest absolute Gasteiger partial charge is 0.383 e. The zero-order valence-corrected chi connectivity index (χ0v) is 14.1. The maximum Gasteiger partial charge on any atom is 0.270 e. The zero-order chi connectivity index (χ0) is 17.0. The number of carbonyl (C=O) groups excluding carboxylic acids is 1. The number of carbonyl (C=O) groups is 1. The highest BCUT2D eigenvalue weighted by atomic mass is 32.1. The van der Waals surface area contributed by atoms with E-state index in [1.807, 2.05) is 18.4 Å². The summed E-state index contributed by atoms with van der Waals surface area (Å²) in [6, 6.07) is 4.65. The van der Waals surface area contributed by atoms with Crippen molar-refractivity contribution in [1.82, 2.24) is 4.57 Å². The average Bonchev–Trinajstić information content (AvgIpc) is 2.80. The van der Waals surface area contributed by atoms with E-state index >= 15 is 0 Å². The number of ether oxygens (including phenoxy) is 1. The SMILES string of the molecule is COCCn1c(=NC(=O)CC(C)C)sc2cc([N+](=O)[O-])ccc21. The minimum Gasteiger partial charge on any atom is -0.383 e. The van der Waals surface area contributed by atoms with Gasteiger partial charge in [0.15, 0.2) is 4.80 Å². The van der Waals surface area contributed by atoms with Crippen molar-refractivity contribution in [1.29, 1.82) is 0 Å². The molecule has 0 radical (unpaired) electrons. The number of methoxy groups -OCH3 is 1. The fourth-order valence-electron chi connectivity index (χ4n) is 2.16. The molecule has 0 saturated carbocycles. The summed E-state index contributed by atoms with van der Waals surface area (Å²) in [7, 11) is 1.60. The van der Waals surface area contributed by atoms with E-state index in [2.05, 4.69) is 4.99 Å². The normalized spacial score (nSPS) is 12.3. The van der Waals surface area contributed by atoms with Crippen LogP contribution in [0.5, 0.6) is 0 Å². The van der Waals surface area contributed by atoms with Gasteiger partial charge in [-0.15, -0.1) is 0 Å². The van der Waals surface area contributed by atoms with Crippen LogP contribution in [-0.4, -0.2) is 29.1 Å². The standard InChI is InChI=1S/C15H19N3O4S/c1-10(2)8-14(19)16-15-17(6-7-22-3)12-5-4-11(18(20)21)9-13(12)23-15/h4-5,9-10H,6-8H2,1-3H3. The van der Waals surface area contributed by atoms with E-state index in [0.717, 1.165) is 10.2 Å². The molecule has 2 aromatic rings. The Morgan fingerprint density at radius 1 is 1.48 bits per heavy atom. The van der Waals surface area contributed by atoms with Crippen LogP contribution in [0.1, 0.15) is 20.3 Å². The summed E-state index contributed by atoms with van der Waals surface area (Å²) in [4.78, 5) is 27.2. The average molecular weight is 337 g/mol. The summed E-state index contributed by atoms with van der Waals surface area (Å²) in [6.07, 6.45) is 0.374. The Morgan fingerprint density at radius 2 is 2.22 bits per heavy atom. The molecule has 0 atom stereocenters. The summed E-state index contributed by atoms with van der Waals surface area (Å²) in [5.41, 5.74) is 0.839. The van der Waals surface area contributed by atoms with Crippen LogP contribution in [0.4, 0.5) is 5.69 Å². The van der Waals surface area contributed by atoms with Crippen LogP contribution in [-0.2, 0) is 16.1 Å². The van der Waals surface area contributed by atoms with Crippen molar-refractivity contribution >= 4 is 33.1 Å². The third-order valence-electron chi connectivity index (χ3n) is 3.20. The van der Waals surface area contributed by atoms with Crippen LogP contribution in [0.3, 0.4) is 0 Å². The molecule has 0 N–H and O–H groups in total. The predicted molar refractivity (Wildman–Crippen MR) is 88.4 cm³/mol. The minimum atomic E-state index is -0.431. The molecule has 1 amide bonds. The van der Waals surface area contributed by atoms with Gasteiger partial charge >= 0.3 is 0 Å². The van der Waals surface area contributed by atoms with Crippen LogP contribution in [0.2, 0.25) is 0 Å². The summed E-state index contributed by atoms with van der Waals surface area (Å²) < 4.78 is 7.69. The lowest BCUT2D eigenvalue weighted by molar-refractivity contribution is -0.384. The summed E-state index contributed by atoms with van der Waals surface area (Å²) in [6.45, 7) is 4.91. The molecule has 1 aromatic heterocycles. The lowest BCUT2D eigenvalue weighted by atomic mass is 10.1. The molecule has 0 saturated heterocycles. The second kappa shape index (κ2) is 7.47. The molecule has 2 rings (SSSR count). The number of amides is 1. The van der Waals surface area contributed by atoms with Crippen molar-refractivity contribution in [3.8, 4) is 0 Å². The molecule has 0 bridgehead atoms.